The fourth-order valence-electron chi connectivity index (χ4n) is 2.74. The minimum atomic E-state index is 0.101. The molecule has 2 heterocycles. The van der Waals surface area contributed by atoms with Crippen LogP contribution in [0.5, 0.6) is 0 Å². The van der Waals surface area contributed by atoms with Crippen LogP contribution in [-0.4, -0.2) is 57.3 Å². The molecule has 1 saturated heterocycles. The molecule has 0 amide bonds. The quantitative estimate of drug-likeness (QED) is 0.684. The van der Waals surface area contributed by atoms with Crippen molar-refractivity contribution in [1.82, 2.24) is 25.2 Å². The predicted molar refractivity (Wildman–Crippen MR) is 78.3 cm³/mol. The highest BCUT2D eigenvalue weighted by molar-refractivity contribution is 4.91. The van der Waals surface area contributed by atoms with E-state index in [1.54, 1.807) is 4.68 Å². The zero-order chi connectivity index (χ0) is 14.2. The van der Waals surface area contributed by atoms with Crippen molar-refractivity contribution in [3.63, 3.8) is 0 Å². The van der Waals surface area contributed by atoms with Crippen molar-refractivity contribution < 1.29 is 5.11 Å². The Bertz CT molecular complexity index is 381. The molecule has 1 unspecified atom stereocenters. The molecule has 1 fully saturated rings. The van der Waals surface area contributed by atoms with Crippen molar-refractivity contribution in [2.24, 2.45) is 0 Å². The largest absolute Gasteiger partial charge is 0.394 e. The van der Waals surface area contributed by atoms with E-state index in [2.05, 4.69) is 27.5 Å². The maximum absolute atomic E-state index is 8.81. The standard InChI is InChI=1S/C14H27N5O/c1-13-5-2-3-7-18(13)8-4-6-15-11-14-12-19(9-10-20)17-16-14/h12-13,15,20H,2-11H2,1H3. The molecule has 1 atom stereocenters. The van der Waals surface area contributed by atoms with Gasteiger partial charge in [-0.2, -0.15) is 0 Å². The van der Waals surface area contributed by atoms with Crippen LogP contribution in [0.25, 0.3) is 0 Å². The first kappa shape index (κ1) is 15.4. The fraction of sp³-hybridized carbons (Fsp3) is 0.857. The lowest BCUT2D eigenvalue weighted by Crippen LogP contribution is -2.38. The zero-order valence-electron chi connectivity index (χ0n) is 12.5. The minimum absolute atomic E-state index is 0.101. The summed E-state index contributed by atoms with van der Waals surface area (Å²) in [5.41, 5.74) is 0.935. The van der Waals surface area contributed by atoms with Gasteiger partial charge in [0.2, 0.25) is 0 Å². The Morgan fingerprint density at radius 2 is 2.30 bits per heavy atom. The van der Waals surface area contributed by atoms with Crippen molar-refractivity contribution in [1.29, 1.82) is 0 Å². The lowest BCUT2D eigenvalue weighted by Gasteiger charge is -2.33. The maximum Gasteiger partial charge on any atom is 0.0964 e. The molecule has 1 aromatic heterocycles. The van der Waals surface area contributed by atoms with E-state index >= 15 is 0 Å². The van der Waals surface area contributed by atoms with Crippen LogP contribution in [0.15, 0.2) is 6.20 Å². The number of piperidine rings is 1. The summed E-state index contributed by atoms with van der Waals surface area (Å²) < 4.78 is 1.67. The number of aliphatic hydroxyl groups excluding tert-OH is 1. The number of rotatable bonds is 8. The maximum atomic E-state index is 8.81. The summed E-state index contributed by atoms with van der Waals surface area (Å²) >= 11 is 0. The lowest BCUT2D eigenvalue weighted by atomic mass is 10.0. The van der Waals surface area contributed by atoms with Crippen molar-refractivity contribution in [3.8, 4) is 0 Å². The van der Waals surface area contributed by atoms with Gasteiger partial charge in [0.15, 0.2) is 0 Å². The number of hydrogen-bond acceptors (Lipinski definition) is 5. The number of nitrogens with zero attached hydrogens (tertiary/aromatic N) is 4. The van der Waals surface area contributed by atoms with Gasteiger partial charge in [0.05, 0.1) is 18.8 Å². The van der Waals surface area contributed by atoms with Gasteiger partial charge >= 0.3 is 0 Å². The molecule has 6 nitrogen and oxygen atoms in total. The third-order valence-corrected chi connectivity index (χ3v) is 3.96. The van der Waals surface area contributed by atoms with E-state index in [-0.39, 0.29) is 6.61 Å². The van der Waals surface area contributed by atoms with Crippen LogP contribution in [0, 0.1) is 0 Å². The van der Waals surface area contributed by atoms with E-state index in [0.717, 1.165) is 24.8 Å². The topological polar surface area (TPSA) is 66.2 Å². The lowest BCUT2D eigenvalue weighted by molar-refractivity contribution is 0.159. The van der Waals surface area contributed by atoms with Crippen LogP contribution in [0.1, 0.15) is 38.3 Å². The van der Waals surface area contributed by atoms with Crippen LogP contribution < -0.4 is 5.32 Å². The molecule has 6 heteroatoms. The Labute approximate surface area is 121 Å². The van der Waals surface area contributed by atoms with Crippen LogP contribution in [0.4, 0.5) is 0 Å². The third kappa shape index (κ3) is 4.85. The molecular formula is C14H27N5O. The summed E-state index contributed by atoms with van der Waals surface area (Å²) in [6, 6.07) is 0.752. The van der Waals surface area contributed by atoms with Gasteiger partial charge in [0, 0.05) is 18.8 Å². The minimum Gasteiger partial charge on any atom is -0.394 e. The average Bonchev–Trinajstić information content (AvgIpc) is 2.88. The first-order valence-corrected chi connectivity index (χ1v) is 7.74. The van der Waals surface area contributed by atoms with E-state index in [1.807, 2.05) is 6.20 Å². The Balaban J connectivity index is 1.56. The van der Waals surface area contributed by atoms with Gasteiger partial charge < -0.3 is 15.3 Å². The first-order valence-electron chi connectivity index (χ1n) is 7.74. The molecule has 0 aliphatic carbocycles. The summed E-state index contributed by atoms with van der Waals surface area (Å²) in [7, 11) is 0. The smallest absolute Gasteiger partial charge is 0.0964 e. The Morgan fingerprint density at radius 3 is 3.10 bits per heavy atom. The van der Waals surface area contributed by atoms with Crippen molar-refractivity contribution in [3.05, 3.63) is 11.9 Å². The van der Waals surface area contributed by atoms with Gasteiger partial charge in [-0.3, -0.25) is 0 Å². The number of hydrogen-bond donors (Lipinski definition) is 2. The summed E-state index contributed by atoms with van der Waals surface area (Å²) in [6.07, 6.45) is 7.15. The van der Waals surface area contributed by atoms with Gasteiger partial charge in [-0.05, 0) is 45.8 Å². The Morgan fingerprint density at radius 1 is 1.40 bits per heavy atom. The highest BCUT2D eigenvalue weighted by atomic mass is 16.3. The van der Waals surface area contributed by atoms with E-state index in [1.165, 1.54) is 38.8 Å². The van der Waals surface area contributed by atoms with Crippen LogP contribution in [-0.2, 0) is 13.1 Å². The molecule has 114 valence electrons. The Hall–Kier alpha value is -0.980. The van der Waals surface area contributed by atoms with Crippen molar-refractivity contribution >= 4 is 0 Å². The van der Waals surface area contributed by atoms with E-state index < -0.39 is 0 Å². The van der Waals surface area contributed by atoms with Gasteiger partial charge in [-0.15, -0.1) is 5.10 Å². The number of nitrogens with one attached hydrogen (secondary N) is 1. The third-order valence-electron chi connectivity index (χ3n) is 3.96. The van der Waals surface area contributed by atoms with Crippen molar-refractivity contribution in [2.45, 2.75) is 51.7 Å². The monoisotopic (exact) mass is 281 g/mol. The second kappa shape index (κ2) is 8.34. The van der Waals surface area contributed by atoms with E-state index in [0.29, 0.717) is 6.54 Å². The first-order chi connectivity index (χ1) is 9.79. The van der Waals surface area contributed by atoms with Crippen LogP contribution in [0.2, 0.25) is 0 Å². The van der Waals surface area contributed by atoms with E-state index in [9.17, 15) is 0 Å². The molecule has 1 aliphatic rings. The highest BCUT2D eigenvalue weighted by Gasteiger charge is 2.16. The number of likely N-dealkylation sites (tertiary alicyclic amines) is 1. The second-order valence-electron chi connectivity index (χ2n) is 5.61. The molecule has 2 N–H and O–H groups in total. The number of aliphatic hydroxyl groups is 1. The zero-order valence-corrected chi connectivity index (χ0v) is 12.5. The Kier molecular flexibility index (Phi) is 6.42. The normalized spacial score (nSPS) is 20.4. The SMILES string of the molecule is CC1CCCCN1CCCNCc1cn(CCO)nn1. The number of aromatic nitrogens is 3. The molecule has 20 heavy (non-hydrogen) atoms. The van der Waals surface area contributed by atoms with Crippen molar-refractivity contribution in [2.75, 3.05) is 26.2 Å². The fourth-order valence-corrected chi connectivity index (χ4v) is 2.74. The molecule has 0 saturated carbocycles. The van der Waals surface area contributed by atoms with Gasteiger partial charge in [0.1, 0.15) is 0 Å². The molecule has 0 aromatic carbocycles. The molecule has 0 spiro atoms. The highest BCUT2D eigenvalue weighted by Crippen LogP contribution is 2.15. The summed E-state index contributed by atoms with van der Waals surface area (Å²) in [5.74, 6) is 0. The molecule has 1 aromatic rings. The summed E-state index contributed by atoms with van der Waals surface area (Å²) in [4.78, 5) is 2.60. The molecule has 0 bridgehead atoms. The summed E-state index contributed by atoms with van der Waals surface area (Å²) in [5, 5.41) is 20.2. The van der Waals surface area contributed by atoms with Gasteiger partial charge in [-0.25, -0.2) is 4.68 Å². The van der Waals surface area contributed by atoms with Gasteiger partial charge in [0.25, 0.3) is 0 Å². The van der Waals surface area contributed by atoms with E-state index in [4.69, 9.17) is 5.11 Å². The van der Waals surface area contributed by atoms with Crippen LogP contribution >= 0.6 is 0 Å². The summed E-state index contributed by atoms with van der Waals surface area (Å²) in [6.45, 7) is 7.16. The van der Waals surface area contributed by atoms with Gasteiger partial charge in [-0.1, -0.05) is 11.6 Å². The molecule has 0 radical (unpaired) electrons. The molecule has 2 rings (SSSR count). The average molecular weight is 281 g/mol. The van der Waals surface area contributed by atoms with Crippen LogP contribution in [0.3, 0.4) is 0 Å². The second-order valence-corrected chi connectivity index (χ2v) is 5.61. The molecule has 1 aliphatic heterocycles. The molecular weight excluding hydrogens is 254 g/mol. The predicted octanol–water partition coefficient (Wildman–Crippen LogP) is 0.625.